The minimum atomic E-state index is -0.489. The number of ether oxygens (including phenoxy) is 3. The highest BCUT2D eigenvalue weighted by Gasteiger charge is 2.16. The molecule has 0 unspecified atom stereocenters. The highest BCUT2D eigenvalue weighted by atomic mass is 16.5. The Morgan fingerprint density at radius 3 is 2.50 bits per heavy atom. The van der Waals surface area contributed by atoms with E-state index in [0.29, 0.717) is 11.5 Å². The third-order valence-electron chi connectivity index (χ3n) is 2.07. The van der Waals surface area contributed by atoms with Crippen molar-refractivity contribution in [2.45, 2.75) is 6.92 Å². The molecule has 5 heteroatoms. The average Bonchev–Trinajstić information content (AvgIpc) is 2.29. The molecule has 0 heterocycles. The topological polar surface area (TPSA) is 70.8 Å². The van der Waals surface area contributed by atoms with E-state index in [1.807, 2.05) is 0 Å². The van der Waals surface area contributed by atoms with Crippen molar-refractivity contribution < 1.29 is 19.0 Å². The van der Waals surface area contributed by atoms with Gasteiger partial charge in [-0.3, -0.25) is 0 Å². The monoisotopic (exact) mass is 225 g/mol. The van der Waals surface area contributed by atoms with Crippen molar-refractivity contribution in [3.63, 3.8) is 0 Å². The van der Waals surface area contributed by atoms with Gasteiger partial charge in [0.1, 0.15) is 11.5 Å². The molecule has 1 rings (SSSR count). The summed E-state index contributed by atoms with van der Waals surface area (Å²) in [5, 5.41) is 0. The Morgan fingerprint density at radius 1 is 1.31 bits per heavy atom. The van der Waals surface area contributed by atoms with E-state index in [2.05, 4.69) is 0 Å². The maximum Gasteiger partial charge on any atom is 0.340 e. The Labute approximate surface area is 94.1 Å². The fourth-order valence-corrected chi connectivity index (χ4v) is 1.27. The first kappa shape index (κ1) is 12.2. The van der Waals surface area contributed by atoms with Gasteiger partial charge in [0.25, 0.3) is 0 Å². The Hall–Kier alpha value is -1.91. The van der Waals surface area contributed by atoms with E-state index in [1.54, 1.807) is 13.0 Å². The van der Waals surface area contributed by atoms with Crippen LogP contribution < -0.4 is 15.2 Å². The summed E-state index contributed by atoms with van der Waals surface area (Å²) < 4.78 is 15.0. The minimum Gasteiger partial charge on any atom is -0.497 e. The van der Waals surface area contributed by atoms with Crippen molar-refractivity contribution >= 4 is 11.7 Å². The zero-order valence-corrected chi connectivity index (χ0v) is 9.57. The van der Waals surface area contributed by atoms with Gasteiger partial charge in [0.05, 0.1) is 32.1 Å². The second-order valence-electron chi connectivity index (χ2n) is 3.01. The van der Waals surface area contributed by atoms with Crippen LogP contribution in [0.5, 0.6) is 11.5 Å². The highest BCUT2D eigenvalue weighted by Crippen LogP contribution is 2.31. The molecule has 0 aliphatic heterocycles. The number of anilines is 1. The number of carbonyl (C=O) groups excluding carboxylic acids is 1. The molecule has 0 bridgehead atoms. The molecule has 16 heavy (non-hydrogen) atoms. The zero-order valence-electron chi connectivity index (χ0n) is 9.57. The lowest BCUT2D eigenvalue weighted by atomic mass is 10.1. The summed E-state index contributed by atoms with van der Waals surface area (Å²) in [5.74, 6) is 0.397. The van der Waals surface area contributed by atoms with Crippen molar-refractivity contribution in [1.29, 1.82) is 0 Å². The molecule has 0 aromatic heterocycles. The molecule has 0 atom stereocenters. The molecular formula is C11H15NO4. The van der Waals surface area contributed by atoms with Crippen LogP contribution in [0.2, 0.25) is 0 Å². The van der Waals surface area contributed by atoms with Crippen LogP contribution in [-0.2, 0) is 4.74 Å². The predicted molar refractivity (Wildman–Crippen MR) is 59.9 cm³/mol. The van der Waals surface area contributed by atoms with Crippen LogP contribution in [0, 0.1) is 0 Å². The smallest absolute Gasteiger partial charge is 0.340 e. The maximum atomic E-state index is 11.6. The molecular weight excluding hydrogens is 210 g/mol. The number of nitrogens with two attached hydrogens (primary N) is 1. The Bertz CT molecular complexity index is 390. The molecule has 88 valence electrons. The van der Waals surface area contributed by atoms with Crippen LogP contribution in [-0.4, -0.2) is 26.8 Å². The number of benzene rings is 1. The number of esters is 1. The van der Waals surface area contributed by atoms with E-state index in [-0.39, 0.29) is 17.9 Å². The van der Waals surface area contributed by atoms with E-state index in [1.165, 1.54) is 20.3 Å². The minimum absolute atomic E-state index is 0.248. The van der Waals surface area contributed by atoms with Crippen molar-refractivity contribution in [2.75, 3.05) is 26.6 Å². The summed E-state index contributed by atoms with van der Waals surface area (Å²) in [7, 11) is 2.97. The molecule has 1 aromatic rings. The lowest BCUT2D eigenvalue weighted by Gasteiger charge is -2.11. The first-order chi connectivity index (χ1) is 7.63. The number of carbonyl (C=O) groups is 1. The SMILES string of the molecule is CCOC(=O)c1cc(OC)cc(OC)c1N. The molecule has 0 amide bonds. The van der Waals surface area contributed by atoms with E-state index < -0.39 is 5.97 Å². The Morgan fingerprint density at radius 2 is 2.00 bits per heavy atom. The van der Waals surface area contributed by atoms with Gasteiger partial charge in [-0.1, -0.05) is 0 Å². The molecule has 0 spiro atoms. The number of nitrogen functional groups attached to an aromatic ring is 1. The fourth-order valence-electron chi connectivity index (χ4n) is 1.27. The number of rotatable bonds is 4. The molecule has 1 aromatic carbocycles. The van der Waals surface area contributed by atoms with Crippen molar-refractivity contribution in [1.82, 2.24) is 0 Å². The molecule has 0 aliphatic rings. The van der Waals surface area contributed by atoms with E-state index in [4.69, 9.17) is 19.9 Å². The standard InChI is InChI=1S/C11H15NO4/c1-4-16-11(13)8-5-7(14-2)6-9(15-3)10(8)12/h5-6H,4,12H2,1-3H3. The summed E-state index contributed by atoms with van der Waals surface area (Å²) in [6, 6.07) is 3.13. The Balaban J connectivity index is 3.20. The van der Waals surface area contributed by atoms with Gasteiger partial charge in [-0.15, -0.1) is 0 Å². The molecule has 5 nitrogen and oxygen atoms in total. The summed E-state index contributed by atoms with van der Waals surface area (Å²) in [6.45, 7) is 2.02. The van der Waals surface area contributed by atoms with Crippen LogP contribution in [0.25, 0.3) is 0 Å². The zero-order chi connectivity index (χ0) is 12.1. The van der Waals surface area contributed by atoms with Gasteiger partial charge >= 0.3 is 5.97 Å². The number of hydrogen-bond acceptors (Lipinski definition) is 5. The summed E-state index contributed by atoms with van der Waals surface area (Å²) in [4.78, 5) is 11.6. The van der Waals surface area contributed by atoms with Gasteiger partial charge < -0.3 is 19.9 Å². The number of methoxy groups -OCH3 is 2. The largest absolute Gasteiger partial charge is 0.497 e. The lowest BCUT2D eigenvalue weighted by molar-refractivity contribution is 0.0527. The van der Waals surface area contributed by atoms with Crippen molar-refractivity contribution in [3.05, 3.63) is 17.7 Å². The number of hydrogen-bond donors (Lipinski definition) is 1. The second-order valence-corrected chi connectivity index (χ2v) is 3.01. The van der Waals surface area contributed by atoms with Gasteiger partial charge in [0, 0.05) is 6.07 Å². The molecule has 0 fully saturated rings. The Kier molecular flexibility index (Phi) is 3.99. The first-order valence-electron chi connectivity index (χ1n) is 4.82. The van der Waals surface area contributed by atoms with E-state index in [0.717, 1.165) is 0 Å². The third-order valence-corrected chi connectivity index (χ3v) is 2.07. The molecule has 0 aliphatic carbocycles. The fraction of sp³-hybridized carbons (Fsp3) is 0.364. The normalized spacial score (nSPS) is 9.69. The first-order valence-corrected chi connectivity index (χ1v) is 4.82. The van der Waals surface area contributed by atoms with Crippen LogP contribution in [0.1, 0.15) is 17.3 Å². The van der Waals surface area contributed by atoms with Gasteiger partial charge in [-0.05, 0) is 13.0 Å². The van der Waals surface area contributed by atoms with E-state index >= 15 is 0 Å². The van der Waals surface area contributed by atoms with Crippen LogP contribution in [0.3, 0.4) is 0 Å². The van der Waals surface area contributed by atoms with Crippen LogP contribution in [0.15, 0.2) is 12.1 Å². The van der Waals surface area contributed by atoms with Crippen LogP contribution in [0.4, 0.5) is 5.69 Å². The summed E-state index contributed by atoms with van der Waals surface area (Å²) in [5.41, 5.74) is 6.27. The molecule has 0 radical (unpaired) electrons. The van der Waals surface area contributed by atoms with Gasteiger partial charge in [-0.25, -0.2) is 4.79 Å². The maximum absolute atomic E-state index is 11.6. The van der Waals surface area contributed by atoms with Crippen molar-refractivity contribution in [2.24, 2.45) is 0 Å². The molecule has 0 saturated heterocycles. The van der Waals surface area contributed by atoms with Gasteiger partial charge in [-0.2, -0.15) is 0 Å². The third kappa shape index (κ3) is 2.36. The summed E-state index contributed by atoms with van der Waals surface area (Å²) in [6.07, 6.45) is 0. The van der Waals surface area contributed by atoms with Crippen LogP contribution >= 0.6 is 0 Å². The van der Waals surface area contributed by atoms with Crippen molar-refractivity contribution in [3.8, 4) is 11.5 Å². The quantitative estimate of drug-likeness (QED) is 0.620. The van der Waals surface area contributed by atoms with E-state index in [9.17, 15) is 4.79 Å². The second kappa shape index (κ2) is 5.25. The molecule has 2 N–H and O–H groups in total. The predicted octanol–water partition coefficient (Wildman–Crippen LogP) is 1.46. The van der Waals surface area contributed by atoms with Gasteiger partial charge in [0.2, 0.25) is 0 Å². The lowest BCUT2D eigenvalue weighted by Crippen LogP contribution is -2.09. The van der Waals surface area contributed by atoms with Gasteiger partial charge in [0.15, 0.2) is 0 Å². The highest BCUT2D eigenvalue weighted by molar-refractivity contribution is 5.97. The average molecular weight is 225 g/mol. The molecule has 0 saturated carbocycles. The summed E-state index contributed by atoms with van der Waals surface area (Å²) >= 11 is 0.